The highest BCUT2D eigenvalue weighted by Crippen LogP contribution is 2.38. The Hall–Kier alpha value is -6.85. The van der Waals surface area contributed by atoms with Gasteiger partial charge in [-0.25, -0.2) is 15.0 Å². The second-order valence-electron chi connectivity index (χ2n) is 11.9. The van der Waals surface area contributed by atoms with E-state index in [9.17, 15) is 0 Å². The van der Waals surface area contributed by atoms with Gasteiger partial charge in [0.2, 0.25) is 0 Å². The molecule has 0 bridgehead atoms. The van der Waals surface area contributed by atoms with Crippen LogP contribution >= 0.6 is 0 Å². The number of benzene rings is 7. The number of aromatic nitrogens is 3. The third-order valence-corrected chi connectivity index (χ3v) is 8.91. The van der Waals surface area contributed by atoms with Crippen molar-refractivity contribution in [1.29, 1.82) is 0 Å². The molecule has 3 aromatic heterocycles. The summed E-state index contributed by atoms with van der Waals surface area (Å²) in [7, 11) is 0. The van der Waals surface area contributed by atoms with Gasteiger partial charge in [-0.3, -0.25) is 0 Å². The SMILES string of the molecule is [2H]c1c([2H])c([2H])c2c(oc3c([2H])c([2H])c([2H])c(-c4ccc(-c5nc(-c6ccc(-c7ccccc7)cc6)nc(-c6cccc7c6oc6ccccc67)n5)cc4)c32)c1[2H]. The van der Waals surface area contributed by atoms with Crippen molar-refractivity contribution in [1.82, 2.24) is 15.0 Å². The maximum Gasteiger partial charge on any atom is 0.167 e. The zero-order chi connectivity index (χ0) is 39.1. The minimum atomic E-state index is -0.471. The summed E-state index contributed by atoms with van der Waals surface area (Å²) in [5.41, 5.74) is 6.13. The number of para-hydroxylation sites is 3. The summed E-state index contributed by atoms with van der Waals surface area (Å²) < 4.78 is 72.0. The lowest BCUT2D eigenvalue weighted by molar-refractivity contribution is 0.669. The lowest BCUT2D eigenvalue weighted by Gasteiger charge is -2.10. The zero-order valence-electron chi connectivity index (χ0n) is 33.2. The molecule has 10 aromatic rings. The van der Waals surface area contributed by atoms with E-state index < -0.39 is 18.1 Å². The Morgan fingerprint density at radius 3 is 1.80 bits per heavy atom. The van der Waals surface area contributed by atoms with E-state index in [1.807, 2.05) is 84.9 Å². The Morgan fingerprint density at radius 1 is 0.380 bits per heavy atom. The molecule has 234 valence electrons. The largest absolute Gasteiger partial charge is 0.456 e. The van der Waals surface area contributed by atoms with Crippen molar-refractivity contribution in [3.05, 3.63) is 164 Å². The van der Waals surface area contributed by atoms with Crippen molar-refractivity contribution in [3.63, 3.8) is 0 Å². The highest BCUT2D eigenvalue weighted by Gasteiger charge is 2.18. The van der Waals surface area contributed by atoms with Crippen molar-refractivity contribution in [2.24, 2.45) is 0 Å². The van der Waals surface area contributed by atoms with Crippen LogP contribution in [0.3, 0.4) is 0 Å². The summed E-state index contributed by atoms with van der Waals surface area (Å²) in [6.07, 6.45) is 0. The van der Waals surface area contributed by atoms with Gasteiger partial charge >= 0.3 is 0 Å². The van der Waals surface area contributed by atoms with Crippen LogP contribution in [0.4, 0.5) is 0 Å². The fraction of sp³-hybridized carbons (Fsp3) is 0. The van der Waals surface area contributed by atoms with Gasteiger partial charge in [0.1, 0.15) is 22.3 Å². The quantitative estimate of drug-likeness (QED) is 0.186. The van der Waals surface area contributed by atoms with Gasteiger partial charge in [-0.05, 0) is 46.5 Å². The molecule has 0 aliphatic heterocycles. The van der Waals surface area contributed by atoms with Crippen LogP contribution in [0.2, 0.25) is 0 Å². The molecule has 0 unspecified atom stereocenters. The maximum atomic E-state index is 8.95. The van der Waals surface area contributed by atoms with Gasteiger partial charge in [0.05, 0.1) is 15.2 Å². The molecule has 10 rings (SSSR count). The molecule has 0 fully saturated rings. The summed E-state index contributed by atoms with van der Waals surface area (Å²) in [5.74, 6) is 1.24. The van der Waals surface area contributed by atoms with Crippen LogP contribution in [-0.2, 0) is 0 Å². The Balaban J connectivity index is 1.15. The summed E-state index contributed by atoms with van der Waals surface area (Å²) in [6, 6.07) is 36.2. The first-order chi connectivity index (χ1) is 27.7. The minimum Gasteiger partial charge on any atom is -0.456 e. The first-order valence-electron chi connectivity index (χ1n) is 19.5. The van der Waals surface area contributed by atoms with Crippen LogP contribution in [-0.4, -0.2) is 15.0 Å². The van der Waals surface area contributed by atoms with Crippen molar-refractivity contribution >= 4 is 43.9 Å². The lowest BCUT2D eigenvalue weighted by Crippen LogP contribution is -2.00. The fourth-order valence-electron chi connectivity index (χ4n) is 6.48. The molecule has 0 saturated heterocycles. The predicted molar refractivity (Wildman–Crippen MR) is 202 cm³/mol. The van der Waals surface area contributed by atoms with Crippen LogP contribution in [0.15, 0.2) is 172 Å². The minimum absolute atomic E-state index is 0.0573. The fourth-order valence-corrected chi connectivity index (χ4v) is 6.48. The summed E-state index contributed by atoms with van der Waals surface area (Å²) >= 11 is 0. The first-order valence-corrected chi connectivity index (χ1v) is 16.0. The average Bonchev–Trinajstić information content (AvgIpc) is 3.84. The van der Waals surface area contributed by atoms with Crippen LogP contribution < -0.4 is 0 Å². The number of hydrogen-bond acceptors (Lipinski definition) is 5. The molecule has 0 atom stereocenters. The standard InChI is InChI=1S/C45H27N3O2/c1-2-10-28(11-3-1)29-20-24-31(25-21-29)43-46-44(48-45(47-43)37-16-8-15-35-34-12-4-6-17-38(34)50-42(35)37)32-26-22-30(23-27-32)33-14-9-19-40-41(33)36-13-5-7-18-39(36)49-40/h1-27H/i5D,7D,9D,13D,14D,18D,19D. The lowest BCUT2D eigenvalue weighted by atomic mass is 9.98. The molecule has 0 spiro atoms. The monoisotopic (exact) mass is 648 g/mol. The molecule has 0 saturated carbocycles. The normalized spacial score (nSPS) is 13.6. The number of fused-ring (bicyclic) bond motifs is 6. The van der Waals surface area contributed by atoms with Gasteiger partial charge in [-0.15, -0.1) is 0 Å². The molecular formula is C45H27N3O2. The zero-order valence-corrected chi connectivity index (χ0v) is 26.2. The van der Waals surface area contributed by atoms with Gasteiger partial charge < -0.3 is 8.83 Å². The molecule has 5 nitrogen and oxygen atoms in total. The number of hydrogen-bond donors (Lipinski definition) is 0. The summed E-state index contributed by atoms with van der Waals surface area (Å²) in [4.78, 5) is 14.9. The van der Waals surface area contributed by atoms with E-state index in [1.165, 1.54) is 0 Å². The highest BCUT2D eigenvalue weighted by atomic mass is 16.3. The maximum absolute atomic E-state index is 8.95. The van der Waals surface area contributed by atoms with E-state index in [1.54, 1.807) is 24.3 Å². The summed E-state index contributed by atoms with van der Waals surface area (Å²) in [5, 5.41) is 2.15. The van der Waals surface area contributed by atoms with Gasteiger partial charge in [0.25, 0.3) is 0 Å². The van der Waals surface area contributed by atoms with Gasteiger partial charge in [0.15, 0.2) is 17.5 Å². The molecule has 3 heterocycles. The Labute approximate surface area is 297 Å². The second-order valence-corrected chi connectivity index (χ2v) is 11.9. The van der Waals surface area contributed by atoms with E-state index in [2.05, 4.69) is 12.1 Å². The Morgan fingerprint density at radius 2 is 1.00 bits per heavy atom. The average molecular weight is 649 g/mol. The van der Waals surface area contributed by atoms with E-state index in [4.69, 9.17) is 33.4 Å². The molecular weight excluding hydrogens is 615 g/mol. The van der Waals surface area contributed by atoms with Crippen LogP contribution in [0.25, 0.3) is 100 Å². The highest BCUT2D eigenvalue weighted by molar-refractivity contribution is 6.12. The number of nitrogens with zero attached hydrogens (tertiary/aromatic N) is 3. The molecule has 7 aromatic carbocycles. The van der Waals surface area contributed by atoms with Crippen molar-refractivity contribution < 1.29 is 18.4 Å². The van der Waals surface area contributed by atoms with Crippen molar-refractivity contribution in [2.45, 2.75) is 0 Å². The topological polar surface area (TPSA) is 65.0 Å². The van der Waals surface area contributed by atoms with Crippen LogP contribution in [0.5, 0.6) is 0 Å². The molecule has 5 heteroatoms. The van der Waals surface area contributed by atoms with Gasteiger partial charge in [0, 0.05) is 32.7 Å². The van der Waals surface area contributed by atoms with E-state index in [0.717, 1.165) is 33.0 Å². The molecule has 0 amide bonds. The van der Waals surface area contributed by atoms with Crippen LogP contribution in [0, 0.1) is 0 Å². The van der Waals surface area contributed by atoms with E-state index in [-0.39, 0.29) is 51.7 Å². The molecule has 50 heavy (non-hydrogen) atoms. The summed E-state index contributed by atoms with van der Waals surface area (Å²) in [6.45, 7) is 0. The smallest absolute Gasteiger partial charge is 0.167 e. The molecule has 0 aliphatic carbocycles. The van der Waals surface area contributed by atoms with Crippen molar-refractivity contribution in [2.75, 3.05) is 0 Å². The number of rotatable bonds is 5. The Kier molecular flexibility index (Phi) is 4.99. The van der Waals surface area contributed by atoms with Gasteiger partial charge in [-0.1, -0.05) is 139 Å². The molecule has 0 radical (unpaired) electrons. The van der Waals surface area contributed by atoms with Gasteiger partial charge in [-0.2, -0.15) is 0 Å². The molecule has 0 N–H and O–H groups in total. The first kappa shape index (κ1) is 21.9. The Bertz CT molecular complexity index is 3250. The predicted octanol–water partition coefficient (Wildman–Crippen LogP) is 12.0. The third-order valence-electron chi connectivity index (χ3n) is 8.91. The second kappa shape index (κ2) is 11.4. The number of furan rings is 2. The third kappa shape index (κ3) is 4.67. The van der Waals surface area contributed by atoms with E-state index >= 15 is 0 Å². The van der Waals surface area contributed by atoms with E-state index in [0.29, 0.717) is 39.7 Å². The van der Waals surface area contributed by atoms with Crippen molar-refractivity contribution in [3.8, 4) is 56.4 Å². The molecule has 0 aliphatic rings. The van der Waals surface area contributed by atoms with Crippen LogP contribution in [0.1, 0.15) is 9.60 Å².